The van der Waals surface area contributed by atoms with E-state index in [0.29, 0.717) is 36.0 Å². The number of carbonyl (C=O) groups is 1. The molecule has 136 valence electrons. The lowest BCUT2D eigenvalue weighted by Gasteiger charge is -2.12. The van der Waals surface area contributed by atoms with Gasteiger partial charge in [-0.25, -0.2) is 0 Å². The number of hydrogen-bond donors (Lipinski definition) is 1. The van der Waals surface area contributed by atoms with Crippen molar-refractivity contribution in [3.05, 3.63) is 103 Å². The highest BCUT2D eigenvalue weighted by molar-refractivity contribution is 6.05. The standard InChI is InChI=1S/C23H21NO3/c1-2-16-26-22-11-7-6-10-21(22)24-23(25)19-12-14-20(15-13-19)27-17-18-8-4-3-5-9-18/h2-15H,1,16-17H2,(H,24,25). The molecule has 0 heterocycles. The summed E-state index contributed by atoms with van der Waals surface area (Å²) in [5, 5.41) is 2.87. The summed E-state index contributed by atoms with van der Waals surface area (Å²) in [4.78, 5) is 12.5. The van der Waals surface area contributed by atoms with Crippen molar-refractivity contribution in [1.29, 1.82) is 0 Å². The first-order valence-electron chi connectivity index (χ1n) is 8.67. The fraction of sp³-hybridized carbons (Fsp3) is 0.0870. The maximum atomic E-state index is 12.5. The van der Waals surface area contributed by atoms with Crippen LogP contribution in [-0.4, -0.2) is 12.5 Å². The summed E-state index contributed by atoms with van der Waals surface area (Å²) in [5.74, 6) is 1.11. The highest BCUT2D eigenvalue weighted by Gasteiger charge is 2.10. The zero-order valence-corrected chi connectivity index (χ0v) is 14.9. The van der Waals surface area contributed by atoms with Gasteiger partial charge in [0.05, 0.1) is 5.69 Å². The van der Waals surface area contributed by atoms with Gasteiger partial charge in [-0.2, -0.15) is 0 Å². The Kier molecular flexibility index (Phi) is 6.26. The first-order chi connectivity index (χ1) is 13.3. The molecule has 0 unspecified atom stereocenters. The maximum absolute atomic E-state index is 12.5. The first-order valence-corrected chi connectivity index (χ1v) is 8.67. The largest absolute Gasteiger partial charge is 0.489 e. The van der Waals surface area contributed by atoms with E-state index >= 15 is 0 Å². The molecule has 0 aliphatic carbocycles. The van der Waals surface area contributed by atoms with Crippen molar-refractivity contribution in [2.75, 3.05) is 11.9 Å². The summed E-state index contributed by atoms with van der Waals surface area (Å²) in [7, 11) is 0. The van der Waals surface area contributed by atoms with E-state index in [-0.39, 0.29) is 5.91 Å². The number of nitrogens with one attached hydrogen (secondary N) is 1. The van der Waals surface area contributed by atoms with Crippen LogP contribution in [0.25, 0.3) is 0 Å². The van der Waals surface area contributed by atoms with E-state index in [1.807, 2.05) is 42.5 Å². The van der Waals surface area contributed by atoms with Gasteiger partial charge in [0.1, 0.15) is 24.7 Å². The van der Waals surface area contributed by atoms with Crippen LogP contribution in [0, 0.1) is 0 Å². The van der Waals surface area contributed by atoms with E-state index in [2.05, 4.69) is 11.9 Å². The van der Waals surface area contributed by atoms with Gasteiger partial charge in [-0.3, -0.25) is 4.79 Å². The van der Waals surface area contributed by atoms with Crippen LogP contribution in [0.5, 0.6) is 11.5 Å². The molecule has 0 aliphatic rings. The number of hydrogen-bond acceptors (Lipinski definition) is 3. The zero-order valence-electron chi connectivity index (χ0n) is 14.9. The van der Waals surface area contributed by atoms with Gasteiger partial charge in [0.2, 0.25) is 0 Å². The highest BCUT2D eigenvalue weighted by atomic mass is 16.5. The van der Waals surface area contributed by atoms with Crippen LogP contribution in [0.2, 0.25) is 0 Å². The fourth-order valence-corrected chi connectivity index (χ4v) is 2.48. The van der Waals surface area contributed by atoms with Crippen LogP contribution in [0.3, 0.4) is 0 Å². The van der Waals surface area contributed by atoms with Crippen molar-refractivity contribution in [2.24, 2.45) is 0 Å². The maximum Gasteiger partial charge on any atom is 0.255 e. The van der Waals surface area contributed by atoms with Crippen molar-refractivity contribution >= 4 is 11.6 Å². The molecule has 3 rings (SSSR count). The molecule has 1 N–H and O–H groups in total. The summed E-state index contributed by atoms with van der Waals surface area (Å²) in [6, 6.07) is 24.3. The molecule has 1 amide bonds. The van der Waals surface area contributed by atoms with Gasteiger partial charge in [0, 0.05) is 5.56 Å². The molecule has 0 radical (unpaired) electrons. The number of rotatable bonds is 8. The number of carbonyl (C=O) groups excluding carboxylic acids is 1. The summed E-state index contributed by atoms with van der Waals surface area (Å²) >= 11 is 0. The van der Waals surface area contributed by atoms with Gasteiger partial charge in [-0.15, -0.1) is 0 Å². The van der Waals surface area contributed by atoms with Crippen molar-refractivity contribution in [3.63, 3.8) is 0 Å². The predicted molar refractivity (Wildman–Crippen MR) is 107 cm³/mol. The second kappa shape index (κ2) is 9.25. The number of benzene rings is 3. The van der Waals surface area contributed by atoms with Gasteiger partial charge in [0.25, 0.3) is 5.91 Å². The second-order valence-electron chi connectivity index (χ2n) is 5.85. The molecule has 4 nitrogen and oxygen atoms in total. The SMILES string of the molecule is C=CCOc1ccccc1NC(=O)c1ccc(OCc2ccccc2)cc1. The predicted octanol–water partition coefficient (Wildman–Crippen LogP) is 5.08. The Hall–Kier alpha value is -3.53. The minimum Gasteiger partial charge on any atom is -0.489 e. The van der Waals surface area contributed by atoms with E-state index in [1.54, 1.807) is 42.5 Å². The molecule has 0 aliphatic heterocycles. The van der Waals surface area contributed by atoms with Gasteiger partial charge in [0.15, 0.2) is 0 Å². The molecule has 3 aromatic rings. The van der Waals surface area contributed by atoms with Crippen molar-refractivity contribution < 1.29 is 14.3 Å². The number of para-hydroxylation sites is 2. The van der Waals surface area contributed by atoms with Gasteiger partial charge >= 0.3 is 0 Å². The summed E-state index contributed by atoms with van der Waals surface area (Å²) in [6.45, 7) is 4.49. The number of ether oxygens (including phenoxy) is 2. The third-order valence-corrected chi connectivity index (χ3v) is 3.86. The molecular weight excluding hydrogens is 338 g/mol. The van der Waals surface area contributed by atoms with Crippen LogP contribution < -0.4 is 14.8 Å². The van der Waals surface area contributed by atoms with E-state index in [1.165, 1.54) is 0 Å². The minimum absolute atomic E-state index is 0.209. The van der Waals surface area contributed by atoms with E-state index in [4.69, 9.17) is 9.47 Å². The van der Waals surface area contributed by atoms with Gasteiger partial charge in [-0.1, -0.05) is 55.1 Å². The highest BCUT2D eigenvalue weighted by Crippen LogP contribution is 2.24. The lowest BCUT2D eigenvalue weighted by atomic mass is 10.2. The Labute approximate surface area is 159 Å². The van der Waals surface area contributed by atoms with Crippen LogP contribution in [0.1, 0.15) is 15.9 Å². The van der Waals surface area contributed by atoms with Crippen LogP contribution in [0.4, 0.5) is 5.69 Å². The van der Waals surface area contributed by atoms with Crippen molar-refractivity contribution in [1.82, 2.24) is 0 Å². The van der Waals surface area contributed by atoms with Crippen molar-refractivity contribution in [3.8, 4) is 11.5 Å². The Bertz CT molecular complexity index is 889. The molecule has 0 saturated carbocycles. The van der Waals surface area contributed by atoms with E-state index < -0.39 is 0 Å². The fourth-order valence-electron chi connectivity index (χ4n) is 2.48. The van der Waals surface area contributed by atoms with Crippen LogP contribution in [-0.2, 0) is 6.61 Å². The second-order valence-corrected chi connectivity index (χ2v) is 5.85. The molecule has 0 bridgehead atoms. The Morgan fingerprint density at radius 2 is 1.59 bits per heavy atom. The van der Waals surface area contributed by atoms with Crippen molar-refractivity contribution in [2.45, 2.75) is 6.61 Å². The summed E-state index contributed by atoms with van der Waals surface area (Å²) in [6.07, 6.45) is 1.66. The number of amides is 1. The van der Waals surface area contributed by atoms with Crippen LogP contribution in [0.15, 0.2) is 91.5 Å². The Morgan fingerprint density at radius 1 is 0.889 bits per heavy atom. The lowest BCUT2D eigenvalue weighted by Crippen LogP contribution is -2.13. The number of anilines is 1. The normalized spacial score (nSPS) is 10.1. The topological polar surface area (TPSA) is 47.6 Å². The van der Waals surface area contributed by atoms with E-state index in [9.17, 15) is 4.79 Å². The Balaban J connectivity index is 1.61. The molecule has 0 fully saturated rings. The molecule has 0 aromatic heterocycles. The summed E-state index contributed by atoms with van der Waals surface area (Å²) in [5.41, 5.74) is 2.25. The third kappa shape index (κ3) is 5.22. The lowest BCUT2D eigenvalue weighted by molar-refractivity contribution is 0.102. The van der Waals surface area contributed by atoms with E-state index in [0.717, 1.165) is 5.56 Å². The molecule has 0 spiro atoms. The quantitative estimate of drug-likeness (QED) is 0.570. The smallest absolute Gasteiger partial charge is 0.255 e. The van der Waals surface area contributed by atoms with Gasteiger partial charge < -0.3 is 14.8 Å². The Morgan fingerprint density at radius 3 is 2.33 bits per heavy atom. The average Bonchev–Trinajstić information content (AvgIpc) is 2.73. The van der Waals surface area contributed by atoms with Gasteiger partial charge in [-0.05, 0) is 42.0 Å². The molecular formula is C23H21NO3. The molecule has 4 heteroatoms. The molecule has 0 saturated heterocycles. The monoisotopic (exact) mass is 359 g/mol. The zero-order chi connectivity index (χ0) is 18.9. The molecule has 3 aromatic carbocycles. The average molecular weight is 359 g/mol. The summed E-state index contributed by atoms with van der Waals surface area (Å²) < 4.78 is 11.3. The third-order valence-electron chi connectivity index (χ3n) is 3.86. The molecule has 27 heavy (non-hydrogen) atoms. The molecule has 0 atom stereocenters. The minimum atomic E-state index is -0.209. The van der Waals surface area contributed by atoms with Crippen LogP contribution >= 0.6 is 0 Å². The first kappa shape index (κ1) is 18.3.